The Morgan fingerprint density at radius 3 is 2.74 bits per heavy atom. The molecule has 2 aliphatic rings. The molecule has 2 heterocycles. The number of piperidine rings is 1. The van der Waals surface area contributed by atoms with Crippen molar-refractivity contribution < 1.29 is 9.90 Å². The summed E-state index contributed by atoms with van der Waals surface area (Å²) >= 11 is 0. The van der Waals surface area contributed by atoms with Crippen molar-refractivity contribution in [2.45, 2.75) is 50.9 Å². The smallest absolute Gasteiger partial charge is 0.134 e. The van der Waals surface area contributed by atoms with Gasteiger partial charge in [-0.1, -0.05) is 30.3 Å². The average molecular weight is 259 g/mol. The second-order valence-corrected chi connectivity index (χ2v) is 5.90. The summed E-state index contributed by atoms with van der Waals surface area (Å²) in [6.07, 6.45) is 2.42. The molecule has 19 heavy (non-hydrogen) atoms. The molecule has 0 saturated carbocycles. The van der Waals surface area contributed by atoms with Crippen molar-refractivity contribution in [3.05, 3.63) is 35.9 Å². The number of aliphatic hydroxyl groups excluding tert-OH is 1. The van der Waals surface area contributed by atoms with Gasteiger partial charge >= 0.3 is 0 Å². The zero-order valence-electron chi connectivity index (χ0n) is 11.3. The van der Waals surface area contributed by atoms with Crippen LogP contribution >= 0.6 is 0 Å². The molecule has 3 heteroatoms. The van der Waals surface area contributed by atoms with Crippen LogP contribution < -0.4 is 0 Å². The molecule has 1 N–H and O–H groups in total. The lowest BCUT2D eigenvalue weighted by Crippen LogP contribution is -2.49. The van der Waals surface area contributed by atoms with E-state index in [9.17, 15) is 9.90 Å². The molecule has 102 valence electrons. The highest BCUT2D eigenvalue weighted by molar-refractivity contribution is 5.79. The van der Waals surface area contributed by atoms with Gasteiger partial charge in [0.15, 0.2) is 0 Å². The number of aliphatic hydroxyl groups is 1. The Balaban J connectivity index is 1.83. The molecule has 3 rings (SSSR count). The van der Waals surface area contributed by atoms with Crippen molar-refractivity contribution in [3.63, 3.8) is 0 Å². The van der Waals surface area contributed by atoms with Crippen LogP contribution in [-0.4, -0.2) is 34.0 Å². The van der Waals surface area contributed by atoms with Crippen LogP contribution in [-0.2, 0) is 11.3 Å². The molecular formula is C16H21NO2. The lowest BCUT2D eigenvalue weighted by Gasteiger charge is -2.38. The van der Waals surface area contributed by atoms with Crippen LogP contribution in [0.1, 0.15) is 31.7 Å². The van der Waals surface area contributed by atoms with Gasteiger partial charge in [0.1, 0.15) is 5.78 Å². The van der Waals surface area contributed by atoms with E-state index in [1.54, 1.807) is 6.92 Å². The zero-order valence-corrected chi connectivity index (χ0v) is 11.3. The predicted octanol–water partition coefficient (Wildman–Crippen LogP) is 1.99. The molecule has 0 aromatic heterocycles. The Bertz CT molecular complexity index is 459. The first-order chi connectivity index (χ1) is 9.16. The van der Waals surface area contributed by atoms with Crippen molar-refractivity contribution in [2.24, 2.45) is 5.92 Å². The first-order valence-corrected chi connectivity index (χ1v) is 7.15. The minimum Gasteiger partial charge on any atom is -0.391 e. The molecule has 1 aromatic rings. The predicted molar refractivity (Wildman–Crippen MR) is 73.6 cm³/mol. The minimum atomic E-state index is -0.351. The fourth-order valence-corrected chi connectivity index (χ4v) is 3.78. The molecule has 4 atom stereocenters. The maximum atomic E-state index is 11.8. The van der Waals surface area contributed by atoms with E-state index in [0.29, 0.717) is 6.04 Å². The summed E-state index contributed by atoms with van der Waals surface area (Å²) in [6, 6.07) is 10.8. The van der Waals surface area contributed by atoms with Gasteiger partial charge in [-0.05, 0) is 31.7 Å². The molecule has 2 bridgehead atoms. The van der Waals surface area contributed by atoms with Crippen LogP contribution in [0.2, 0.25) is 0 Å². The average Bonchev–Trinajstić information content (AvgIpc) is 2.66. The van der Waals surface area contributed by atoms with E-state index < -0.39 is 0 Å². The molecule has 3 nitrogen and oxygen atoms in total. The van der Waals surface area contributed by atoms with Gasteiger partial charge < -0.3 is 5.11 Å². The van der Waals surface area contributed by atoms with Crippen molar-refractivity contribution in [1.82, 2.24) is 4.90 Å². The Morgan fingerprint density at radius 1 is 1.32 bits per heavy atom. The maximum absolute atomic E-state index is 11.8. The molecule has 2 fully saturated rings. The van der Waals surface area contributed by atoms with Crippen LogP contribution in [0.4, 0.5) is 0 Å². The first-order valence-electron chi connectivity index (χ1n) is 7.15. The molecule has 0 radical (unpaired) electrons. The lowest BCUT2D eigenvalue weighted by atomic mass is 9.92. The number of ketones is 1. The van der Waals surface area contributed by atoms with E-state index in [4.69, 9.17) is 0 Å². The van der Waals surface area contributed by atoms with E-state index in [0.717, 1.165) is 25.8 Å². The number of rotatable bonds is 3. The third kappa shape index (κ3) is 2.33. The third-order valence-corrected chi connectivity index (χ3v) is 4.71. The third-order valence-electron chi connectivity index (χ3n) is 4.71. The summed E-state index contributed by atoms with van der Waals surface area (Å²) in [4.78, 5) is 14.2. The number of benzene rings is 1. The lowest BCUT2D eigenvalue weighted by molar-refractivity contribution is -0.123. The molecule has 1 aromatic carbocycles. The largest absolute Gasteiger partial charge is 0.391 e. The molecule has 2 saturated heterocycles. The van der Waals surface area contributed by atoms with Crippen LogP contribution in [0.25, 0.3) is 0 Å². The number of nitrogens with zero attached hydrogens (tertiary/aromatic N) is 1. The first kappa shape index (κ1) is 12.8. The zero-order chi connectivity index (χ0) is 13.4. The number of Topliss-reactive ketones (excluding diaryl/α,β-unsaturated/α-hetero) is 1. The van der Waals surface area contributed by atoms with Crippen LogP contribution in [0.3, 0.4) is 0 Å². The standard InChI is InChI=1S/C16H21NO2/c1-11(18)14-9-13-7-8-15(19)16(14)17(13)10-12-5-3-2-4-6-12/h2-6,13-16,19H,7-10H2,1H3/t13-,14+,15+,16-/m1/s1. The summed E-state index contributed by atoms with van der Waals surface area (Å²) < 4.78 is 0. The summed E-state index contributed by atoms with van der Waals surface area (Å²) in [5.74, 6) is 0.248. The molecule has 0 aliphatic carbocycles. The fraction of sp³-hybridized carbons (Fsp3) is 0.562. The molecule has 0 spiro atoms. The van der Waals surface area contributed by atoms with Crippen molar-refractivity contribution >= 4 is 5.78 Å². The molecule has 0 unspecified atom stereocenters. The highest BCUT2D eigenvalue weighted by atomic mass is 16.3. The Kier molecular flexibility index (Phi) is 3.42. The maximum Gasteiger partial charge on any atom is 0.134 e. The van der Waals surface area contributed by atoms with Crippen molar-refractivity contribution in [3.8, 4) is 0 Å². The Labute approximate surface area is 114 Å². The highest BCUT2D eigenvalue weighted by Gasteiger charge is 2.49. The summed E-state index contributed by atoms with van der Waals surface area (Å²) in [5.41, 5.74) is 1.26. The van der Waals surface area contributed by atoms with Crippen LogP contribution in [0, 0.1) is 5.92 Å². The van der Waals surface area contributed by atoms with E-state index in [-0.39, 0.29) is 23.8 Å². The van der Waals surface area contributed by atoms with E-state index in [2.05, 4.69) is 17.0 Å². The van der Waals surface area contributed by atoms with Gasteiger partial charge in [0.25, 0.3) is 0 Å². The normalized spacial score (nSPS) is 34.4. The number of hydrogen-bond acceptors (Lipinski definition) is 3. The van der Waals surface area contributed by atoms with Gasteiger partial charge in [0.2, 0.25) is 0 Å². The molecule has 0 amide bonds. The van der Waals surface area contributed by atoms with Crippen molar-refractivity contribution in [1.29, 1.82) is 0 Å². The minimum absolute atomic E-state index is 0.0196. The molecular weight excluding hydrogens is 238 g/mol. The fourth-order valence-electron chi connectivity index (χ4n) is 3.78. The van der Waals surface area contributed by atoms with Gasteiger partial charge in [-0.15, -0.1) is 0 Å². The summed E-state index contributed by atoms with van der Waals surface area (Å²) in [7, 11) is 0. The topological polar surface area (TPSA) is 40.5 Å². The van der Waals surface area contributed by atoms with E-state index >= 15 is 0 Å². The van der Waals surface area contributed by atoms with Gasteiger partial charge in [0.05, 0.1) is 6.10 Å². The SMILES string of the molecule is CC(=O)[C@@H]1C[C@H]2CC[C@H](O)[C@@H]1N2Cc1ccccc1. The summed E-state index contributed by atoms with van der Waals surface area (Å²) in [5, 5.41) is 10.3. The van der Waals surface area contributed by atoms with Gasteiger partial charge in [-0.2, -0.15) is 0 Å². The number of hydrogen-bond donors (Lipinski definition) is 1. The monoisotopic (exact) mass is 259 g/mol. The second kappa shape index (κ2) is 5.06. The van der Waals surface area contributed by atoms with Gasteiger partial charge in [0, 0.05) is 24.5 Å². The van der Waals surface area contributed by atoms with Gasteiger partial charge in [-0.25, -0.2) is 0 Å². The summed E-state index contributed by atoms with van der Waals surface area (Å²) in [6.45, 7) is 2.51. The van der Waals surface area contributed by atoms with Crippen LogP contribution in [0.15, 0.2) is 30.3 Å². The van der Waals surface area contributed by atoms with Crippen molar-refractivity contribution in [2.75, 3.05) is 0 Å². The Hall–Kier alpha value is -1.19. The van der Waals surface area contributed by atoms with Gasteiger partial charge in [-0.3, -0.25) is 9.69 Å². The highest BCUT2D eigenvalue weighted by Crippen LogP contribution is 2.41. The number of carbonyl (C=O) groups is 1. The van der Waals surface area contributed by atoms with E-state index in [1.807, 2.05) is 18.2 Å². The van der Waals surface area contributed by atoms with Crippen LogP contribution in [0.5, 0.6) is 0 Å². The number of fused-ring (bicyclic) bond motifs is 2. The Morgan fingerprint density at radius 2 is 2.05 bits per heavy atom. The second-order valence-electron chi connectivity index (χ2n) is 5.90. The van der Waals surface area contributed by atoms with E-state index in [1.165, 1.54) is 5.56 Å². The number of carbonyl (C=O) groups excluding carboxylic acids is 1. The molecule has 2 aliphatic heterocycles. The quantitative estimate of drug-likeness (QED) is 0.902.